The maximum atomic E-state index is 12.1. The van der Waals surface area contributed by atoms with Crippen LogP contribution in [0.1, 0.15) is 19.3 Å². The molecule has 0 aromatic heterocycles. The summed E-state index contributed by atoms with van der Waals surface area (Å²) in [5, 5.41) is 8.84. The minimum absolute atomic E-state index is 0.0403. The highest BCUT2D eigenvalue weighted by molar-refractivity contribution is 7.80. The molecule has 23 heavy (non-hydrogen) atoms. The summed E-state index contributed by atoms with van der Waals surface area (Å²) in [6.07, 6.45) is 0.0370. The number of carbonyl (C=O) groups is 3. The molecule has 2 heterocycles. The van der Waals surface area contributed by atoms with Crippen LogP contribution in [0.15, 0.2) is 0 Å². The summed E-state index contributed by atoms with van der Waals surface area (Å²) >= 11 is 0. The molecule has 4 amide bonds. The van der Waals surface area contributed by atoms with Gasteiger partial charge in [-0.05, 0) is 12.8 Å². The Morgan fingerprint density at radius 2 is 2.09 bits per heavy atom. The number of nitrogens with one attached hydrogen (secondary N) is 2. The van der Waals surface area contributed by atoms with E-state index in [-0.39, 0.29) is 19.4 Å². The predicted molar refractivity (Wildman–Crippen MR) is 69.9 cm³/mol. The highest BCUT2D eigenvalue weighted by atomic mass is 32.3. The van der Waals surface area contributed by atoms with Crippen LogP contribution in [0.5, 0.6) is 0 Å². The van der Waals surface area contributed by atoms with Gasteiger partial charge in [0.1, 0.15) is 12.5 Å². The van der Waals surface area contributed by atoms with Crippen LogP contribution in [-0.4, -0.2) is 59.4 Å². The molecule has 2 saturated heterocycles. The van der Waals surface area contributed by atoms with Gasteiger partial charge in [0.2, 0.25) is 0 Å². The quantitative estimate of drug-likeness (QED) is 0.389. The fourth-order valence-electron chi connectivity index (χ4n) is 2.43. The molecule has 2 aliphatic rings. The molecule has 2 fully saturated rings. The van der Waals surface area contributed by atoms with Crippen molar-refractivity contribution >= 4 is 28.2 Å². The van der Waals surface area contributed by atoms with Crippen molar-refractivity contribution in [3.05, 3.63) is 0 Å². The molecule has 126 valence electrons. The number of amides is 4. The summed E-state index contributed by atoms with van der Waals surface area (Å²) in [6, 6.07) is -0.824. The second-order valence-electron chi connectivity index (χ2n) is 4.88. The number of fused-ring (bicyclic) bond motifs is 2. The highest BCUT2D eigenvalue weighted by Crippen LogP contribution is 2.30. The third-order valence-electron chi connectivity index (χ3n) is 3.36. The van der Waals surface area contributed by atoms with Gasteiger partial charge in [-0.3, -0.25) is 25.0 Å². The zero-order valence-electron chi connectivity index (χ0n) is 11.6. The van der Waals surface area contributed by atoms with Crippen molar-refractivity contribution in [2.75, 3.05) is 6.54 Å². The van der Waals surface area contributed by atoms with Crippen molar-refractivity contribution in [2.24, 2.45) is 0 Å². The van der Waals surface area contributed by atoms with Crippen LogP contribution in [0, 0.1) is 11.3 Å². The first-order chi connectivity index (χ1) is 10.7. The Labute approximate surface area is 130 Å². The van der Waals surface area contributed by atoms with E-state index >= 15 is 0 Å². The number of urea groups is 1. The molecule has 2 atom stereocenters. The monoisotopic (exact) mass is 347 g/mol. The summed E-state index contributed by atoms with van der Waals surface area (Å²) in [4.78, 5) is 36.2. The summed E-state index contributed by atoms with van der Waals surface area (Å²) in [5.74, 6) is -1.39. The van der Waals surface area contributed by atoms with Gasteiger partial charge in [-0.2, -0.15) is 18.7 Å². The molecule has 0 saturated carbocycles. The minimum Gasteiger partial charge on any atom is -0.309 e. The first kappa shape index (κ1) is 16.9. The second kappa shape index (κ2) is 6.36. The van der Waals surface area contributed by atoms with E-state index in [2.05, 4.69) is 9.71 Å². The molecule has 2 aliphatic heterocycles. The Morgan fingerprint density at radius 3 is 2.70 bits per heavy atom. The summed E-state index contributed by atoms with van der Waals surface area (Å²) in [6.45, 7) is 0.0403. The lowest BCUT2D eigenvalue weighted by molar-refractivity contribution is -0.131. The smallest absolute Gasteiger partial charge is 0.309 e. The van der Waals surface area contributed by atoms with Crippen LogP contribution >= 0.6 is 0 Å². The van der Waals surface area contributed by atoms with Gasteiger partial charge in [0.15, 0.2) is 0 Å². The summed E-state index contributed by atoms with van der Waals surface area (Å²) in [7, 11) is -4.85. The van der Waals surface area contributed by atoms with Crippen molar-refractivity contribution < 1.29 is 31.6 Å². The molecule has 0 aromatic carbocycles. The van der Waals surface area contributed by atoms with Gasteiger partial charge < -0.3 is 4.90 Å². The van der Waals surface area contributed by atoms with Crippen LogP contribution in [0.25, 0.3) is 0 Å². The highest BCUT2D eigenvalue weighted by Gasteiger charge is 2.49. The second-order valence-corrected chi connectivity index (χ2v) is 5.89. The van der Waals surface area contributed by atoms with Gasteiger partial charge in [-0.1, -0.05) is 0 Å². The van der Waals surface area contributed by atoms with Crippen molar-refractivity contribution in [2.45, 2.75) is 31.3 Å². The zero-order valence-corrected chi connectivity index (χ0v) is 12.4. The number of nitrogens with zero attached hydrogens (tertiary/aromatic N) is 3. The number of hydrogen-bond acceptors (Lipinski definition) is 7. The Bertz CT molecular complexity index is 672. The topological polar surface area (TPSA) is 169 Å². The van der Waals surface area contributed by atoms with Crippen molar-refractivity contribution in [3.8, 4) is 6.07 Å². The van der Waals surface area contributed by atoms with Gasteiger partial charge in [-0.15, -0.1) is 4.28 Å². The molecule has 0 aliphatic carbocycles. The van der Waals surface area contributed by atoms with Crippen LogP contribution in [0.3, 0.4) is 0 Å². The fourth-order valence-corrected chi connectivity index (χ4v) is 2.82. The first-order valence-electron chi connectivity index (χ1n) is 6.45. The molecular formula is C10H13N5O7S. The molecule has 13 heteroatoms. The number of carbonyl (C=O) groups excluding carboxylic acids is 3. The van der Waals surface area contributed by atoms with Gasteiger partial charge in [0.25, 0.3) is 11.8 Å². The lowest BCUT2D eigenvalue weighted by atomic mass is 10.0. The van der Waals surface area contributed by atoms with Crippen molar-refractivity contribution in [3.63, 3.8) is 0 Å². The average Bonchev–Trinajstić information content (AvgIpc) is 2.69. The van der Waals surface area contributed by atoms with Gasteiger partial charge in [-0.25, -0.2) is 4.79 Å². The number of hydrogen-bond donors (Lipinski definition) is 3. The summed E-state index contributed by atoms with van der Waals surface area (Å²) < 4.78 is 34.4. The SMILES string of the molecule is N#CCC(=O)NNC(=O)C1CC[C@@H]2CN1C(=O)N2OS(=O)(=O)O. The normalized spacial score (nSPS) is 23.4. The van der Waals surface area contributed by atoms with E-state index < -0.39 is 46.7 Å². The number of nitriles is 1. The van der Waals surface area contributed by atoms with Crippen molar-refractivity contribution in [1.82, 2.24) is 20.8 Å². The van der Waals surface area contributed by atoms with Crippen molar-refractivity contribution in [1.29, 1.82) is 5.26 Å². The van der Waals surface area contributed by atoms with E-state index in [9.17, 15) is 22.8 Å². The number of hydrazine groups is 1. The summed E-state index contributed by atoms with van der Waals surface area (Å²) in [5.41, 5.74) is 4.12. The first-order valence-corrected chi connectivity index (χ1v) is 7.82. The van der Waals surface area contributed by atoms with Crippen LogP contribution in [-0.2, 0) is 24.3 Å². The van der Waals surface area contributed by atoms with E-state index in [1.807, 2.05) is 5.43 Å². The predicted octanol–water partition coefficient (Wildman–Crippen LogP) is -1.95. The molecule has 0 spiro atoms. The lowest BCUT2D eigenvalue weighted by Gasteiger charge is -2.29. The molecule has 0 aromatic rings. The van der Waals surface area contributed by atoms with Crippen LogP contribution in [0.4, 0.5) is 4.79 Å². The van der Waals surface area contributed by atoms with E-state index in [1.54, 1.807) is 6.07 Å². The van der Waals surface area contributed by atoms with Gasteiger partial charge in [0.05, 0.1) is 12.1 Å². The Hall–Kier alpha value is -2.43. The maximum absolute atomic E-state index is 12.1. The average molecular weight is 347 g/mol. The standard InChI is InChI=1S/C10H13N5O7S/c11-4-3-8(16)12-13-9(17)7-2-1-6-5-14(7)10(18)15(6)22-23(19,20)21/h6-7H,1-3,5H2,(H,12,16)(H,13,17)(H,19,20,21)/t6-,7?/m1/s1. The molecule has 2 rings (SSSR count). The maximum Gasteiger partial charge on any atom is 0.418 e. The zero-order chi connectivity index (χ0) is 17.2. The minimum atomic E-state index is -4.85. The third kappa shape index (κ3) is 3.86. The Balaban J connectivity index is 2.00. The van der Waals surface area contributed by atoms with E-state index in [0.717, 1.165) is 4.90 Å². The molecule has 2 bridgehead atoms. The fraction of sp³-hybridized carbons (Fsp3) is 0.600. The van der Waals surface area contributed by atoms with E-state index in [1.165, 1.54) is 0 Å². The number of hydroxylamine groups is 2. The van der Waals surface area contributed by atoms with E-state index in [4.69, 9.17) is 9.81 Å². The van der Waals surface area contributed by atoms with E-state index in [0.29, 0.717) is 5.06 Å². The third-order valence-corrected chi connectivity index (χ3v) is 3.71. The molecule has 1 unspecified atom stereocenters. The largest absolute Gasteiger partial charge is 0.418 e. The van der Waals surface area contributed by atoms with Crippen LogP contribution in [0.2, 0.25) is 0 Å². The van der Waals surface area contributed by atoms with Gasteiger partial charge >= 0.3 is 16.4 Å². The Kier molecular flexibility index (Phi) is 4.68. The number of rotatable bonds is 4. The lowest BCUT2D eigenvalue weighted by Crippen LogP contribution is -2.54. The molecule has 3 N–H and O–H groups in total. The van der Waals surface area contributed by atoms with Crippen LogP contribution < -0.4 is 10.9 Å². The molecule has 12 nitrogen and oxygen atoms in total. The molecular weight excluding hydrogens is 334 g/mol. The molecule has 0 radical (unpaired) electrons. The number of piperidine rings is 1. The van der Waals surface area contributed by atoms with Gasteiger partial charge in [0, 0.05) is 6.54 Å². The Morgan fingerprint density at radius 1 is 1.39 bits per heavy atom.